The van der Waals surface area contributed by atoms with Crippen LogP contribution < -0.4 is 21.5 Å². The fourth-order valence-electron chi connectivity index (χ4n) is 3.89. The second-order valence-corrected chi connectivity index (χ2v) is 9.13. The smallest absolute Gasteiger partial charge is 0.372 e. The van der Waals surface area contributed by atoms with Crippen molar-refractivity contribution >= 4 is 35.3 Å². The number of aliphatic carboxylic acids is 2. The predicted molar refractivity (Wildman–Crippen MR) is 150 cm³/mol. The van der Waals surface area contributed by atoms with Gasteiger partial charge in [0.05, 0.1) is 6.04 Å². The Morgan fingerprint density at radius 2 is 1.49 bits per heavy atom. The number of rotatable bonds is 14. The van der Waals surface area contributed by atoms with Crippen LogP contribution in [0.1, 0.15) is 39.9 Å². The molecule has 3 rings (SSSR count). The van der Waals surface area contributed by atoms with Gasteiger partial charge in [0.25, 0.3) is 5.91 Å². The molecule has 0 aliphatic carbocycles. The fourth-order valence-corrected chi connectivity index (χ4v) is 3.89. The Morgan fingerprint density at radius 3 is 2.10 bits per heavy atom. The monoisotopic (exact) mass is 559 g/mol. The Morgan fingerprint density at radius 1 is 0.829 bits per heavy atom. The van der Waals surface area contributed by atoms with Crippen LogP contribution >= 0.6 is 0 Å². The summed E-state index contributed by atoms with van der Waals surface area (Å²) in [6, 6.07) is 17.2. The summed E-state index contributed by atoms with van der Waals surface area (Å²) >= 11 is 0. The lowest BCUT2D eigenvalue weighted by Gasteiger charge is -2.20. The van der Waals surface area contributed by atoms with E-state index in [1.54, 1.807) is 42.5 Å². The molecule has 0 aliphatic rings. The molecule has 0 spiro atoms. The number of carbonyl (C=O) groups excluding carboxylic acids is 2. The van der Waals surface area contributed by atoms with Crippen LogP contribution in [-0.2, 0) is 20.8 Å². The summed E-state index contributed by atoms with van der Waals surface area (Å²) in [6.07, 6.45) is -0.729. The zero-order valence-electron chi connectivity index (χ0n) is 21.8. The number of benzene rings is 3. The maximum absolute atomic E-state index is 13.2. The molecule has 0 unspecified atom stereocenters. The Bertz CT molecular complexity index is 1500. The van der Waals surface area contributed by atoms with Crippen molar-refractivity contribution in [3.05, 3.63) is 89.0 Å². The van der Waals surface area contributed by atoms with Crippen molar-refractivity contribution in [1.29, 1.82) is 10.8 Å². The number of carbonyl (C=O) groups is 4. The van der Waals surface area contributed by atoms with E-state index in [4.69, 9.17) is 32.1 Å². The maximum atomic E-state index is 13.2. The normalized spacial score (nSPS) is 11.2. The molecular formula is C29H29N5O7. The average molecular weight is 560 g/mol. The first kappa shape index (κ1) is 30.0. The highest BCUT2D eigenvalue weighted by atomic mass is 16.5. The first-order chi connectivity index (χ1) is 19.4. The highest BCUT2D eigenvalue weighted by molar-refractivity contribution is 6.33. The first-order valence-electron chi connectivity index (χ1n) is 12.4. The number of carboxylic acid groups (broad SMARTS) is 2. The third kappa shape index (κ3) is 8.48. The molecule has 9 N–H and O–H groups in total. The molecule has 0 aromatic heterocycles. The summed E-state index contributed by atoms with van der Waals surface area (Å²) < 4.78 is 5.83. The number of ether oxygens (including phenoxy) is 1. The Labute approximate surface area is 235 Å². The van der Waals surface area contributed by atoms with E-state index in [0.29, 0.717) is 11.1 Å². The van der Waals surface area contributed by atoms with Crippen molar-refractivity contribution in [2.45, 2.75) is 25.3 Å². The minimum absolute atomic E-state index is 0.0169. The van der Waals surface area contributed by atoms with Crippen LogP contribution in [0.5, 0.6) is 5.75 Å². The van der Waals surface area contributed by atoms with Crippen LogP contribution in [0.3, 0.4) is 0 Å². The summed E-state index contributed by atoms with van der Waals surface area (Å²) in [5.41, 5.74) is 14.0. The van der Waals surface area contributed by atoms with Gasteiger partial charge >= 0.3 is 11.9 Å². The lowest BCUT2D eigenvalue weighted by molar-refractivity contribution is -0.148. The molecular weight excluding hydrogens is 530 g/mol. The summed E-state index contributed by atoms with van der Waals surface area (Å²) in [5, 5.41) is 36.2. The molecule has 3 aromatic carbocycles. The number of Topliss-reactive ketones (excluding diaryl/α,β-unsaturated/α-hetero) is 1. The lowest BCUT2D eigenvalue weighted by Crippen LogP contribution is -2.39. The molecule has 0 fully saturated rings. The number of nitrogens with one attached hydrogen (secondary N) is 3. The molecule has 0 saturated carbocycles. The third-order valence-electron chi connectivity index (χ3n) is 6.10. The quantitative estimate of drug-likeness (QED) is 0.0870. The van der Waals surface area contributed by atoms with Crippen molar-refractivity contribution in [2.24, 2.45) is 11.5 Å². The molecule has 0 bridgehead atoms. The average Bonchev–Trinajstić information content (AvgIpc) is 2.94. The summed E-state index contributed by atoms with van der Waals surface area (Å²) in [4.78, 5) is 47.3. The van der Waals surface area contributed by atoms with E-state index in [2.05, 4.69) is 5.32 Å². The van der Waals surface area contributed by atoms with Gasteiger partial charge in [-0.15, -0.1) is 0 Å². The lowest BCUT2D eigenvalue weighted by atomic mass is 10.0. The second kappa shape index (κ2) is 13.5. The van der Waals surface area contributed by atoms with Gasteiger partial charge < -0.3 is 31.7 Å². The van der Waals surface area contributed by atoms with Crippen molar-refractivity contribution < 1.29 is 34.1 Å². The summed E-state index contributed by atoms with van der Waals surface area (Å²) in [7, 11) is 0. The zero-order valence-corrected chi connectivity index (χ0v) is 21.8. The van der Waals surface area contributed by atoms with Gasteiger partial charge in [-0.1, -0.05) is 48.5 Å². The summed E-state index contributed by atoms with van der Waals surface area (Å²) in [5.74, 6) is -4.51. The van der Waals surface area contributed by atoms with Crippen LogP contribution in [-0.4, -0.2) is 58.2 Å². The van der Waals surface area contributed by atoms with Gasteiger partial charge in [0.1, 0.15) is 24.0 Å². The Hall–Kier alpha value is -5.52. The van der Waals surface area contributed by atoms with Gasteiger partial charge in [0.2, 0.25) is 5.78 Å². The van der Waals surface area contributed by atoms with Crippen LogP contribution in [0.15, 0.2) is 66.7 Å². The van der Waals surface area contributed by atoms with Crippen molar-refractivity contribution in [3.8, 4) is 16.9 Å². The fraction of sp³-hybridized carbons (Fsp3) is 0.172. The molecule has 1 atom stereocenters. The van der Waals surface area contributed by atoms with E-state index >= 15 is 0 Å². The Kier molecular flexibility index (Phi) is 9.90. The Balaban J connectivity index is 1.81. The van der Waals surface area contributed by atoms with Crippen LogP contribution in [0.2, 0.25) is 0 Å². The number of hydrogen-bond acceptors (Lipinski definition) is 7. The van der Waals surface area contributed by atoms with Crippen LogP contribution in [0.4, 0.5) is 0 Å². The van der Waals surface area contributed by atoms with Crippen molar-refractivity contribution in [3.63, 3.8) is 0 Å². The van der Waals surface area contributed by atoms with Gasteiger partial charge in [-0.3, -0.25) is 25.2 Å². The van der Waals surface area contributed by atoms with Crippen LogP contribution in [0, 0.1) is 10.8 Å². The number of amidine groups is 2. The number of nitrogens with two attached hydrogens (primary N) is 2. The summed E-state index contributed by atoms with van der Waals surface area (Å²) in [6.45, 7) is -0.208. The SMILES string of the molecule is N=C(N)c1ccc(-c2cccc(C(=O)N[C@H](CCC(=O)O)COc3cc(C(=N)N)ccc3CC(=O)C(=O)O)c2)cc1. The van der Waals surface area contributed by atoms with Crippen molar-refractivity contribution in [1.82, 2.24) is 5.32 Å². The molecule has 3 aromatic rings. The predicted octanol–water partition coefficient (Wildman–Crippen LogP) is 2.16. The van der Waals surface area contributed by atoms with Crippen molar-refractivity contribution in [2.75, 3.05) is 6.61 Å². The highest BCUT2D eigenvalue weighted by Gasteiger charge is 2.20. The van der Waals surface area contributed by atoms with Gasteiger partial charge in [0.15, 0.2) is 0 Å². The standard InChI is InChI=1S/C29H29N5O7/c30-26(31)17-6-4-16(5-7-17)18-2-1-3-21(12-18)28(38)34-22(10-11-25(36)37)15-41-24-14-20(27(32)33)9-8-19(24)13-23(35)29(39)40/h1-9,12,14,22H,10-11,13,15H2,(H3,30,31)(H3,32,33)(H,34,38)(H,36,37)(H,39,40)/t22-/m1/s1. The van der Waals surface area contributed by atoms with Crippen LogP contribution in [0.25, 0.3) is 11.1 Å². The highest BCUT2D eigenvalue weighted by Crippen LogP contribution is 2.23. The maximum Gasteiger partial charge on any atom is 0.372 e. The molecule has 1 amide bonds. The van der Waals surface area contributed by atoms with E-state index < -0.39 is 36.1 Å². The van der Waals surface area contributed by atoms with E-state index in [-0.39, 0.29) is 48.0 Å². The molecule has 12 nitrogen and oxygen atoms in total. The zero-order chi connectivity index (χ0) is 30.1. The van der Waals surface area contributed by atoms with E-state index in [1.807, 2.05) is 6.07 Å². The largest absolute Gasteiger partial charge is 0.491 e. The second-order valence-electron chi connectivity index (χ2n) is 9.13. The topological polar surface area (TPSA) is 230 Å². The van der Waals surface area contributed by atoms with Gasteiger partial charge in [-0.25, -0.2) is 4.79 Å². The molecule has 0 aliphatic heterocycles. The van der Waals surface area contributed by atoms with Gasteiger partial charge in [-0.2, -0.15) is 0 Å². The molecule has 0 saturated heterocycles. The molecule has 0 radical (unpaired) electrons. The van der Waals surface area contributed by atoms with Gasteiger partial charge in [-0.05, 0) is 35.7 Å². The molecule has 0 heterocycles. The van der Waals surface area contributed by atoms with E-state index in [0.717, 1.165) is 11.1 Å². The minimum Gasteiger partial charge on any atom is -0.491 e. The van der Waals surface area contributed by atoms with E-state index in [9.17, 15) is 24.3 Å². The molecule has 12 heteroatoms. The van der Waals surface area contributed by atoms with E-state index in [1.165, 1.54) is 18.2 Å². The third-order valence-corrected chi connectivity index (χ3v) is 6.10. The minimum atomic E-state index is -1.62. The number of amides is 1. The molecule has 41 heavy (non-hydrogen) atoms. The number of carboxylic acids is 2. The van der Waals surface area contributed by atoms with Gasteiger partial charge in [0, 0.05) is 35.1 Å². The first-order valence-corrected chi connectivity index (χ1v) is 12.4. The number of nitrogen functional groups attached to an aromatic ring is 2. The number of hydrogen-bond donors (Lipinski definition) is 7. The molecule has 212 valence electrons. The number of ketones is 1.